The molecule has 2 aromatic rings. The van der Waals surface area contributed by atoms with Gasteiger partial charge in [0.15, 0.2) is 5.43 Å². The molecule has 0 bridgehead atoms. The number of fused-ring (bicyclic) bond motifs is 1. The molecular weight excluding hydrogens is 238 g/mol. The van der Waals surface area contributed by atoms with Crippen LogP contribution in [0.15, 0.2) is 23.0 Å². The van der Waals surface area contributed by atoms with Crippen molar-refractivity contribution in [2.75, 3.05) is 7.11 Å². The van der Waals surface area contributed by atoms with Gasteiger partial charge in [-0.1, -0.05) is 12.8 Å². The molecule has 1 aliphatic carbocycles. The van der Waals surface area contributed by atoms with Gasteiger partial charge in [-0.05, 0) is 43.4 Å². The van der Waals surface area contributed by atoms with E-state index in [0.717, 1.165) is 27.9 Å². The molecule has 1 saturated carbocycles. The van der Waals surface area contributed by atoms with Crippen LogP contribution in [-0.2, 0) is 0 Å². The fraction of sp³-hybridized carbons (Fsp3) is 0.438. The molecule has 0 atom stereocenters. The Morgan fingerprint density at radius 2 is 1.95 bits per heavy atom. The second kappa shape index (κ2) is 4.72. The Hall–Kier alpha value is -1.77. The molecule has 3 heteroatoms. The molecule has 0 saturated heterocycles. The molecule has 1 heterocycles. The number of rotatable bonds is 2. The number of aromatic nitrogens is 1. The van der Waals surface area contributed by atoms with E-state index in [1.54, 1.807) is 13.2 Å². The number of hydrogen-bond donors (Lipinski definition) is 1. The van der Waals surface area contributed by atoms with Gasteiger partial charge in [0.25, 0.3) is 0 Å². The van der Waals surface area contributed by atoms with Gasteiger partial charge >= 0.3 is 0 Å². The molecule has 1 aromatic heterocycles. The van der Waals surface area contributed by atoms with E-state index in [1.165, 1.54) is 25.7 Å². The van der Waals surface area contributed by atoms with Crippen molar-refractivity contribution in [1.82, 2.24) is 4.98 Å². The molecule has 100 valence electrons. The number of hydrogen-bond acceptors (Lipinski definition) is 2. The number of pyridine rings is 1. The molecule has 3 nitrogen and oxygen atoms in total. The number of aromatic amines is 1. The molecule has 1 N–H and O–H groups in total. The van der Waals surface area contributed by atoms with Gasteiger partial charge in [0.1, 0.15) is 5.75 Å². The van der Waals surface area contributed by atoms with Crippen LogP contribution in [0.25, 0.3) is 10.9 Å². The molecule has 0 spiro atoms. The topological polar surface area (TPSA) is 42.1 Å². The Bertz CT molecular complexity index is 666. The summed E-state index contributed by atoms with van der Waals surface area (Å²) in [4.78, 5) is 15.8. The molecule has 0 unspecified atom stereocenters. The standard InChI is InChI=1S/C16H19NO2/c1-10-7-12(19-2)8-13-15(18)9-14(17-16(10)13)11-5-3-4-6-11/h7-9,11H,3-6H2,1-2H3,(H,17,18). The highest BCUT2D eigenvalue weighted by atomic mass is 16.5. The largest absolute Gasteiger partial charge is 0.497 e. The molecule has 1 aliphatic rings. The first-order chi connectivity index (χ1) is 9.19. The molecule has 3 rings (SSSR count). The molecule has 19 heavy (non-hydrogen) atoms. The van der Waals surface area contributed by atoms with E-state index in [4.69, 9.17) is 4.74 Å². The van der Waals surface area contributed by atoms with Gasteiger partial charge in [0, 0.05) is 17.1 Å². The SMILES string of the molecule is COc1cc(C)c2[nH]c(C3CCCC3)cc(=O)c2c1. The van der Waals surface area contributed by atoms with Gasteiger partial charge in [-0.15, -0.1) is 0 Å². The number of aryl methyl sites for hydroxylation is 1. The van der Waals surface area contributed by atoms with Crippen LogP contribution in [0.5, 0.6) is 5.75 Å². The smallest absolute Gasteiger partial charge is 0.189 e. The summed E-state index contributed by atoms with van der Waals surface area (Å²) in [5, 5.41) is 0.721. The number of benzene rings is 1. The fourth-order valence-corrected chi connectivity index (χ4v) is 3.09. The molecule has 0 radical (unpaired) electrons. The highest BCUT2D eigenvalue weighted by Gasteiger charge is 2.19. The summed E-state index contributed by atoms with van der Waals surface area (Å²) in [5.74, 6) is 1.27. The van der Waals surface area contributed by atoms with Crippen LogP contribution in [0, 0.1) is 6.92 Å². The number of nitrogens with one attached hydrogen (secondary N) is 1. The predicted octanol–water partition coefficient (Wildman–Crippen LogP) is 3.50. The van der Waals surface area contributed by atoms with Crippen molar-refractivity contribution in [3.63, 3.8) is 0 Å². The first-order valence-electron chi connectivity index (χ1n) is 6.90. The van der Waals surface area contributed by atoms with E-state index >= 15 is 0 Å². The predicted molar refractivity (Wildman–Crippen MR) is 77.1 cm³/mol. The summed E-state index contributed by atoms with van der Waals surface area (Å²) >= 11 is 0. The van der Waals surface area contributed by atoms with Crippen LogP contribution < -0.4 is 10.2 Å². The number of H-pyrrole nitrogens is 1. The minimum absolute atomic E-state index is 0.0950. The molecule has 1 fully saturated rings. The summed E-state index contributed by atoms with van der Waals surface area (Å²) < 4.78 is 5.24. The van der Waals surface area contributed by atoms with Gasteiger partial charge in [-0.2, -0.15) is 0 Å². The normalized spacial score (nSPS) is 16.1. The van der Waals surface area contributed by atoms with Crippen LogP contribution in [0.4, 0.5) is 0 Å². The Morgan fingerprint density at radius 1 is 1.21 bits per heavy atom. The highest BCUT2D eigenvalue weighted by Crippen LogP contribution is 2.33. The third kappa shape index (κ3) is 2.14. The maximum Gasteiger partial charge on any atom is 0.189 e. The maximum atomic E-state index is 12.3. The minimum atomic E-state index is 0.0950. The average Bonchev–Trinajstić information content (AvgIpc) is 2.93. The van der Waals surface area contributed by atoms with Crippen molar-refractivity contribution in [2.24, 2.45) is 0 Å². The van der Waals surface area contributed by atoms with E-state index in [1.807, 2.05) is 19.1 Å². The first kappa shape index (κ1) is 12.3. The highest BCUT2D eigenvalue weighted by molar-refractivity contribution is 5.83. The Labute approximate surface area is 112 Å². The van der Waals surface area contributed by atoms with Crippen molar-refractivity contribution in [2.45, 2.75) is 38.5 Å². The summed E-state index contributed by atoms with van der Waals surface area (Å²) in [6, 6.07) is 5.56. The first-order valence-corrected chi connectivity index (χ1v) is 6.90. The van der Waals surface area contributed by atoms with Gasteiger partial charge in [0.2, 0.25) is 0 Å². The number of methoxy groups -OCH3 is 1. The van der Waals surface area contributed by atoms with Crippen LogP contribution in [0.1, 0.15) is 42.9 Å². The van der Waals surface area contributed by atoms with E-state index < -0.39 is 0 Å². The third-order valence-electron chi connectivity index (χ3n) is 4.16. The minimum Gasteiger partial charge on any atom is -0.497 e. The van der Waals surface area contributed by atoms with E-state index in [9.17, 15) is 4.79 Å². The van der Waals surface area contributed by atoms with Gasteiger partial charge in [-0.25, -0.2) is 0 Å². The van der Waals surface area contributed by atoms with E-state index in [-0.39, 0.29) is 5.43 Å². The monoisotopic (exact) mass is 257 g/mol. The van der Waals surface area contributed by atoms with Crippen molar-refractivity contribution >= 4 is 10.9 Å². The summed E-state index contributed by atoms with van der Waals surface area (Å²) in [6.07, 6.45) is 4.92. The van der Waals surface area contributed by atoms with Crippen molar-refractivity contribution in [3.8, 4) is 5.75 Å². The van der Waals surface area contributed by atoms with Crippen LogP contribution in [0.3, 0.4) is 0 Å². The van der Waals surface area contributed by atoms with Gasteiger partial charge in [0.05, 0.1) is 12.6 Å². The average molecular weight is 257 g/mol. The van der Waals surface area contributed by atoms with E-state index in [0.29, 0.717) is 5.92 Å². The molecule has 0 aliphatic heterocycles. The lowest BCUT2D eigenvalue weighted by Crippen LogP contribution is -2.08. The zero-order valence-corrected chi connectivity index (χ0v) is 11.5. The van der Waals surface area contributed by atoms with E-state index in [2.05, 4.69) is 4.98 Å². The summed E-state index contributed by atoms with van der Waals surface area (Å²) in [6.45, 7) is 2.01. The van der Waals surface area contributed by atoms with Gasteiger partial charge < -0.3 is 9.72 Å². The second-order valence-corrected chi connectivity index (χ2v) is 5.44. The second-order valence-electron chi connectivity index (χ2n) is 5.44. The summed E-state index contributed by atoms with van der Waals surface area (Å²) in [7, 11) is 1.63. The quantitative estimate of drug-likeness (QED) is 0.894. The van der Waals surface area contributed by atoms with Crippen LogP contribution in [0.2, 0.25) is 0 Å². The zero-order chi connectivity index (χ0) is 13.4. The van der Waals surface area contributed by atoms with Crippen molar-refractivity contribution in [3.05, 3.63) is 39.7 Å². The zero-order valence-electron chi connectivity index (χ0n) is 11.5. The van der Waals surface area contributed by atoms with Crippen LogP contribution in [-0.4, -0.2) is 12.1 Å². The maximum absolute atomic E-state index is 12.3. The lowest BCUT2D eigenvalue weighted by atomic mass is 10.0. The Morgan fingerprint density at radius 3 is 2.63 bits per heavy atom. The Kier molecular flexibility index (Phi) is 3.05. The molecule has 0 amide bonds. The van der Waals surface area contributed by atoms with Gasteiger partial charge in [-0.3, -0.25) is 4.79 Å². The lowest BCUT2D eigenvalue weighted by Gasteiger charge is -2.12. The third-order valence-corrected chi connectivity index (χ3v) is 4.16. The van der Waals surface area contributed by atoms with Crippen molar-refractivity contribution in [1.29, 1.82) is 0 Å². The fourth-order valence-electron chi connectivity index (χ4n) is 3.09. The van der Waals surface area contributed by atoms with Crippen LogP contribution >= 0.6 is 0 Å². The molecular formula is C16H19NO2. The lowest BCUT2D eigenvalue weighted by molar-refractivity contribution is 0.415. The van der Waals surface area contributed by atoms with Crippen molar-refractivity contribution < 1.29 is 4.74 Å². The Balaban J connectivity index is 2.20. The molecule has 1 aromatic carbocycles. The number of ether oxygens (including phenoxy) is 1. The summed E-state index contributed by atoms with van der Waals surface area (Å²) in [5.41, 5.74) is 3.21.